The molecule has 0 saturated carbocycles. The molecule has 0 radical (unpaired) electrons. The molecule has 7 heteroatoms. The van der Waals surface area contributed by atoms with E-state index in [9.17, 15) is 4.79 Å². The number of hydrogen-bond acceptors (Lipinski definition) is 5. The van der Waals surface area contributed by atoms with Crippen LogP contribution in [0.4, 0.5) is 5.69 Å². The SMILES string of the molecule is CCC(C)Oc1cccc(C(=O)Nc2ccc3oc(-c4ccc(OC)c(Cl)c4)nc3c2)c1. The van der Waals surface area contributed by atoms with Crippen LogP contribution in [-0.2, 0) is 0 Å². The average molecular weight is 451 g/mol. The molecule has 0 bridgehead atoms. The van der Waals surface area contributed by atoms with Crippen LogP contribution in [0.2, 0.25) is 5.02 Å². The van der Waals surface area contributed by atoms with Crippen molar-refractivity contribution in [2.45, 2.75) is 26.4 Å². The minimum Gasteiger partial charge on any atom is -0.495 e. The van der Waals surface area contributed by atoms with Crippen molar-refractivity contribution in [3.63, 3.8) is 0 Å². The van der Waals surface area contributed by atoms with Gasteiger partial charge in [-0.3, -0.25) is 4.79 Å². The number of amides is 1. The van der Waals surface area contributed by atoms with Gasteiger partial charge in [0.2, 0.25) is 5.89 Å². The number of nitrogens with one attached hydrogen (secondary N) is 1. The smallest absolute Gasteiger partial charge is 0.255 e. The van der Waals surface area contributed by atoms with Gasteiger partial charge < -0.3 is 19.2 Å². The Bertz CT molecular complexity index is 1270. The predicted molar refractivity (Wildman–Crippen MR) is 126 cm³/mol. The van der Waals surface area contributed by atoms with Crippen molar-refractivity contribution in [1.29, 1.82) is 0 Å². The van der Waals surface area contributed by atoms with Crippen LogP contribution < -0.4 is 14.8 Å². The second-order valence-electron chi connectivity index (χ2n) is 7.37. The first-order valence-electron chi connectivity index (χ1n) is 10.3. The van der Waals surface area contributed by atoms with Crippen LogP contribution in [-0.4, -0.2) is 24.1 Å². The fraction of sp³-hybridized carbons (Fsp3) is 0.200. The van der Waals surface area contributed by atoms with Crippen LogP contribution in [0.3, 0.4) is 0 Å². The van der Waals surface area contributed by atoms with Crippen molar-refractivity contribution in [2.75, 3.05) is 12.4 Å². The molecule has 1 heterocycles. The van der Waals surface area contributed by atoms with E-state index >= 15 is 0 Å². The minimum absolute atomic E-state index is 0.0812. The van der Waals surface area contributed by atoms with Gasteiger partial charge in [-0.2, -0.15) is 0 Å². The summed E-state index contributed by atoms with van der Waals surface area (Å²) < 4.78 is 16.8. The summed E-state index contributed by atoms with van der Waals surface area (Å²) in [7, 11) is 1.56. The lowest BCUT2D eigenvalue weighted by molar-refractivity contribution is 0.102. The van der Waals surface area contributed by atoms with Crippen LogP contribution in [0.25, 0.3) is 22.6 Å². The predicted octanol–water partition coefficient (Wildman–Crippen LogP) is 6.59. The monoisotopic (exact) mass is 450 g/mol. The molecule has 32 heavy (non-hydrogen) atoms. The Hall–Kier alpha value is -3.51. The van der Waals surface area contributed by atoms with Crippen LogP contribution in [0.1, 0.15) is 30.6 Å². The van der Waals surface area contributed by atoms with Gasteiger partial charge in [-0.1, -0.05) is 24.6 Å². The quantitative estimate of drug-likeness (QED) is 0.344. The maximum absolute atomic E-state index is 12.7. The molecule has 0 aliphatic carbocycles. The largest absolute Gasteiger partial charge is 0.495 e. The zero-order chi connectivity index (χ0) is 22.7. The number of nitrogens with zero attached hydrogens (tertiary/aromatic N) is 1. The van der Waals surface area contributed by atoms with E-state index in [-0.39, 0.29) is 12.0 Å². The van der Waals surface area contributed by atoms with E-state index in [1.807, 2.05) is 19.1 Å². The summed E-state index contributed by atoms with van der Waals surface area (Å²) in [6.07, 6.45) is 0.969. The molecule has 1 unspecified atom stereocenters. The van der Waals surface area contributed by atoms with Crippen LogP contribution in [0.15, 0.2) is 65.1 Å². The number of carbonyl (C=O) groups excluding carboxylic acids is 1. The number of benzene rings is 3. The van der Waals surface area contributed by atoms with Crippen molar-refractivity contribution in [2.24, 2.45) is 0 Å². The molecule has 1 atom stereocenters. The highest BCUT2D eigenvalue weighted by Gasteiger charge is 2.13. The van der Waals surface area contributed by atoms with E-state index in [0.717, 1.165) is 12.0 Å². The lowest BCUT2D eigenvalue weighted by Crippen LogP contribution is -2.13. The minimum atomic E-state index is -0.232. The van der Waals surface area contributed by atoms with Crippen molar-refractivity contribution in [3.8, 4) is 23.0 Å². The third-order valence-electron chi connectivity index (χ3n) is 5.05. The van der Waals surface area contributed by atoms with Gasteiger partial charge in [0.15, 0.2) is 5.58 Å². The summed E-state index contributed by atoms with van der Waals surface area (Å²) in [6, 6.07) is 17.8. The molecule has 0 saturated heterocycles. The Morgan fingerprint density at radius 2 is 2.00 bits per heavy atom. The van der Waals surface area contributed by atoms with Crippen molar-refractivity contribution < 1.29 is 18.7 Å². The highest BCUT2D eigenvalue weighted by molar-refractivity contribution is 6.32. The average Bonchev–Trinajstić information content (AvgIpc) is 3.22. The summed E-state index contributed by atoms with van der Waals surface area (Å²) in [5.74, 6) is 1.45. The molecule has 0 spiro atoms. The molecule has 1 amide bonds. The standard InChI is InChI=1S/C25H23ClN2O4/c1-4-15(2)31-19-7-5-6-16(12-19)24(29)27-18-9-11-23-21(14-18)28-25(32-23)17-8-10-22(30-3)20(26)13-17/h5-15H,4H2,1-3H3,(H,27,29). The van der Waals surface area contributed by atoms with E-state index in [1.54, 1.807) is 55.6 Å². The number of hydrogen-bond donors (Lipinski definition) is 1. The number of oxazole rings is 1. The number of methoxy groups -OCH3 is 1. The normalized spacial score (nSPS) is 11.9. The summed E-state index contributed by atoms with van der Waals surface area (Å²) in [5.41, 5.74) is 3.09. The summed E-state index contributed by atoms with van der Waals surface area (Å²) in [6.45, 7) is 4.05. The van der Waals surface area contributed by atoms with Gasteiger partial charge in [0, 0.05) is 16.8 Å². The lowest BCUT2D eigenvalue weighted by Gasteiger charge is -2.13. The van der Waals surface area contributed by atoms with E-state index in [1.165, 1.54) is 0 Å². The van der Waals surface area contributed by atoms with Crippen molar-refractivity contribution in [1.82, 2.24) is 4.98 Å². The van der Waals surface area contributed by atoms with E-state index in [0.29, 0.717) is 44.8 Å². The van der Waals surface area contributed by atoms with Gasteiger partial charge in [-0.05, 0) is 67.9 Å². The molecule has 6 nitrogen and oxygen atoms in total. The molecule has 4 rings (SSSR count). The van der Waals surface area contributed by atoms with Crippen LogP contribution in [0.5, 0.6) is 11.5 Å². The maximum atomic E-state index is 12.7. The fourth-order valence-corrected chi connectivity index (χ4v) is 3.42. The Morgan fingerprint density at radius 1 is 1.16 bits per heavy atom. The number of fused-ring (bicyclic) bond motifs is 1. The van der Waals surface area contributed by atoms with Gasteiger partial charge in [0.25, 0.3) is 5.91 Å². The second kappa shape index (κ2) is 9.32. The van der Waals surface area contributed by atoms with E-state index in [2.05, 4.69) is 17.2 Å². The topological polar surface area (TPSA) is 73.6 Å². The Kier molecular flexibility index (Phi) is 6.32. The molecule has 4 aromatic rings. The van der Waals surface area contributed by atoms with E-state index in [4.69, 9.17) is 25.5 Å². The first-order chi connectivity index (χ1) is 15.5. The summed E-state index contributed by atoms with van der Waals surface area (Å²) in [5, 5.41) is 3.38. The number of aromatic nitrogens is 1. The molecule has 164 valence electrons. The van der Waals surface area contributed by atoms with Gasteiger partial charge in [0.05, 0.1) is 18.2 Å². The number of rotatable bonds is 7. The third-order valence-corrected chi connectivity index (χ3v) is 5.35. The van der Waals surface area contributed by atoms with Crippen molar-refractivity contribution >= 4 is 34.3 Å². The number of carbonyl (C=O) groups is 1. The molecule has 0 fully saturated rings. The van der Waals surface area contributed by atoms with Crippen molar-refractivity contribution in [3.05, 3.63) is 71.2 Å². The highest BCUT2D eigenvalue weighted by Crippen LogP contribution is 2.32. The molecule has 3 aromatic carbocycles. The number of anilines is 1. The molecular weight excluding hydrogens is 428 g/mol. The second-order valence-corrected chi connectivity index (χ2v) is 7.78. The molecular formula is C25H23ClN2O4. The third kappa shape index (κ3) is 4.70. The van der Waals surface area contributed by atoms with Gasteiger partial charge in [-0.25, -0.2) is 4.98 Å². The lowest BCUT2D eigenvalue weighted by atomic mass is 10.2. The Balaban J connectivity index is 1.54. The van der Waals surface area contributed by atoms with Crippen LogP contribution >= 0.6 is 11.6 Å². The first-order valence-corrected chi connectivity index (χ1v) is 10.7. The Morgan fingerprint density at radius 3 is 2.75 bits per heavy atom. The first kappa shape index (κ1) is 21.7. The zero-order valence-corrected chi connectivity index (χ0v) is 18.8. The van der Waals surface area contributed by atoms with Gasteiger partial charge in [0.1, 0.15) is 17.0 Å². The summed E-state index contributed by atoms with van der Waals surface area (Å²) in [4.78, 5) is 17.3. The number of ether oxygens (including phenoxy) is 2. The van der Waals surface area contributed by atoms with Gasteiger partial charge in [-0.15, -0.1) is 0 Å². The van der Waals surface area contributed by atoms with Crippen LogP contribution in [0, 0.1) is 0 Å². The zero-order valence-electron chi connectivity index (χ0n) is 18.0. The molecule has 0 aliphatic heterocycles. The molecule has 1 aromatic heterocycles. The Labute approximate surface area is 191 Å². The molecule has 1 N–H and O–H groups in total. The van der Waals surface area contributed by atoms with Gasteiger partial charge >= 0.3 is 0 Å². The molecule has 0 aliphatic rings. The maximum Gasteiger partial charge on any atom is 0.255 e. The number of halogens is 1. The highest BCUT2D eigenvalue weighted by atomic mass is 35.5. The fourth-order valence-electron chi connectivity index (χ4n) is 3.16. The van der Waals surface area contributed by atoms with E-state index < -0.39 is 0 Å². The summed E-state index contributed by atoms with van der Waals surface area (Å²) >= 11 is 6.22.